The minimum Gasteiger partial charge on any atom is -0.484 e. The Kier molecular flexibility index (Phi) is 4.51. The molecule has 1 amide bonds. The fraction of sp³-hybridized carbons (Fsp3) is 0.263. The molecule has 124 valence electrons. The Bertz CT molecular complexity index is 868. The van der Waals surface area contributed by atoms with Gasteiger partial charge in [-0.25, -0.2) is 0 Å². The zero-order valence-electron chi connectivity index (χ0n) is 14.2. The lowest BCUT2D eigenvalue weighted by atomic mass is 10.0. The van der Waals surface area contributed by atoms with Crippen LogP contribution in [-0.2, 0) is 11.3 Å². The lowest BCUT2D eigenvalue weighted by Gasteiger charge is -2.12. The van der Waals surface area contributed by atoms with Gasteiger partial charge in [0, 0.05) is 32.4 Å². The summed E-state index contributed by atoms with van der Waals surface area (Å²) in [6.45, 7) is 2.96. The molecule has 0 bridgehead atoms. The van der Waals surface area contributed by atoms with Gasteiger partial charge < -0.3 is 9.64 Å². The molecule has 24 heavy (non-hydrogen) atoms. The molecule has 3 aromatic rings. The molecule has 0 unspecified atom stereocenters. The number of aryl methyl sites for hydroxylation is 1. The molecule has 5 nitrogen and oxygen atoms in total. The Morgan fingerprint density at radius 3 is 2.62 bits per heavy atom. The summed E-state index contributed by atoms with van der Waals surface area (Å²) in [5.41, 5.74) is 2.21. The second kappa shape index (κ2) is 6.74. The Hall–Kier alpha value is -2.82. The number of benzene rings is 2. The van der Waals surface area contributed by atoms with E-state index in [1.165, 1.54) is 4.90 Å². The Morgan fingerprint density at radius 1 is 1.12 bits per heavy atom. The molecule has 0 radical (unpaired) electrons. The van der Waals surface area contributed by atoms with Gasteiger partial charge in [0.25, 0.3) is 5.91 Å². The van der Waals surface area contributed by atoms with Gasteiger partial charge in [-0.3, -0.25) is 9.48 Å². The van der Waals surface area contributed by atoms with Crippen LogP contribution in [0.25, 0.3) is 21.9 Å². The maximum absolute atomic E-state index is 11.6. The molecular formula is C19H21N3O2. The molecule has 0 spiro atoms. The number of aromatic nitrogens is 2. The molecule has 1 heterocycles. The van der Waals surface area contributed by atoms with Crippen molar-refractivity contribution in [3.05, 3.63) is 48.8 Å². The normalized spacial score (nSPS) is 10.8. The molecule has 2 aromatic carbocycles. The Morgan fingerprint density at radius 2 is 1.92 bits per heavy atom. The molecule has 0 aliphatic rings. The number of likely N-dealkylation sites (N-methyl/N-ethyl adjacent to an activating group) is 1. The Balaban J connectivity index is 1.86. The van der Waals surface area contributed by atoms with E-state index in [4.69, 9.17) is 4.74 Å². The number of hydrogen-bond acceptors (Lipinski definition) is 3. The van der Waals surface area contributed by atoms with E-state index in [2.05, 4.69) is 30.2 Å². The molecule has 0 fully saturated rings. The number of carbonyl (C=O) groups excluding carboxylic acids is 1. The molecule has 0 N–H and O–H groups in total. The van der Waals surface area contributed by atoms with Crippen molar-refractivity contribution >= 4 is 16.7 Å². The van der Waals surface area contributed by atoms with Crippen LogP contribution in [0.5, 0.6) is 5.75 Å². The van der Waals surface area contributed by atoms with Gasteiger partial charge in [0.1, 0.15) is 5.75 Å². The first-order chi connectivity index (χ1) is 11.6. The minimum absolute atomic E-state index is 0.0431. The quantitative estimate of drug-likeness (QED) is 0.724. The average Bonchev–Trinajstić information content (AvgIpc) is 3.08. The monoisotopic (exact) mass is 323 g/mol. The van der Waals surface area contributed by atoms with Crippen LogP contribution in [0.15, 0.2) is 48.8 Å². The summed E-state index contributed by atoms with van der Waals surface area (Å²) in [4.78, 5) is 13.2. The number of hydrogen-bond donors (Lipinski definition) is 0. The third kappa shape index (κ3) is 3.40. The van der Waals surface area contributed by atoms with Crippen LogP contribution in [0, 0.1) is 0 Å². The second-order valence-electron chi connectivity index (χ2n) is 5.89. The highest BCUT2D eigenvalue weighted by molar-refractivity contribution is 5.88. The largest absolute Gasteiger partial charge is 0.484 e. The van der Waals surface area contributed by atoms with Gasteiger partial charge >= 0.3 is 0 Å². The van der Waals surface area contributed by atoms with E-state index < -0.39 is 0 Å². The number of fused-ring (bicyclic) bond motifs is 1. The van der Waals surface area contributed by atoms with E-state index in [1.807, 2.05) is 35.3 Å². The van der Waals surface area contributed by atoms with Crippen LogP contribution < -0.4 is 4.74 Å². The van der Waals surface area contributed by atoms with Gasteiger partial charge in [-0.05, 0) is 41.5 Å². The lowest BCUT2D eigenvalue weighted by molar-refractivity contribution is -0.130. The fourth-order valence-corrected chi connectivity index (χ4v) is 2.45. The van der Waals surface area contributed by atoms with Crippen LogP contribution in [-0.4, -0.2) is 41.3 Å². The fourth-order valence-electron chi connectivity index (χ4n) is 2.45. The number of ether oxygens (including phenoxy) is 1. The molecule has 0 saturated carbocycles. The van der Waals surface area contributed by atoms with Crippen molar-refractivity contribution in [1.29, 1.82) is 0 Å². The summed E-state index contributed by atoms with van der Waals surface area (Å²) in [6, 6.07) is 12.2. The van der Waals surface area contributed by atoms with Gasteiger partial charge in [0.05, 0.1) is 6.20 Å². The van der Waals surface area contributed by atoms with Crippen LogP contribution >= 0.6 is 0 Å². The molecule has 0 aliphatic carbocycles. The lowest BCUT2D eigenvalue weighted by Crippen LogP contribution is -2.27. The maximum Gasteiger partial charge on any atom is 0.259 e. The van der Waals surface area contributed by atoms with E-state index in [9.17, 15) is 4.79 Å². The summed E-state index contributed by atoms with van der Waals surface area (Å²) < 4.78 is 7.51. The van der Waals surface area contributed by atoms with Gasteiger partial charge in [-0.15, -0.1) is 0 Å². The first-order valence-corrected chi connectivity index (χ1v) is 7.96. The van der Waals surface area contributed by atoms with E-state index >= 15 is 0 Å². The third-order valence-corrected chi connectivity index (χ3v) is 3.96. The summed E-state index contributed by atoms with van der Waals surface area (Å²) in [6.07, 6.45) is 3.91. The highest BCUT2D eigenvalue weighted by Gasteiger charge is 2.07. The standard InChI is InChI=1S/C19H21N3O2/c1-4-22-12-17(11-20-22)15-6-5-14-7-8-18(10-16(14)9-15)24-13-19(23)21(2)3/h5-12H,4,13H2,1-3H3. The SMILES string of the molecule is CCn1cc(-c2ccc3ccc(OCC(=O)N(C)C)cc3c2)cn1. The number of rotatable bonds is 5. The molecule has 1 aromatic heterocycles. The number of nitrogens with zero attached hydrogens (tertiary/aromatic N) is 3. The summed E-state index contributed by atoms with van der Waals surface area (Å²) in [5, 5.41) is 6.53. The molecular weight excluding hydrogens is 302 g/mol. The van der Waals surface area contributed by atoms with Crippen molar-refractivity contribution < 1.29 is 9.53 Å². The van der Waals surface area contributed by atoms with Crippen molar-refractivity contribution in [3.63, 3.8) is 0 Å². The molecule has 0 atom stereocenters. The Labute approximate surface area is 141 Å². The first-order valence-electron chi connectivity index (χ1n) is 7.96. The summed E-state index contributed by atoms with van der Waals surface area (Å²) in [7, 11) is 3.43. The molecule has 5 heteroatoms. The molecule has 3 rings (SSSR count). The topological polar surface area (TPSA) is 47.4 Å². The van der Waals surface area contributed by atoms with Gasteiger partial charge in [0.2, 0.25) is 0 Å². The van der Waals surface area contributed by atoms with E-state index in [0.717, 1.165) is 28.4 Å². The van der Waals surface area contributed by atoms with Crippen LogP contribution in [0.4, 0.5) is 0 Å². The number of amides is 1. The first kappa shape index (κ1) is 16.1. The summed E-state index contributed by atoms with van der Waals surface area (Å²) in [5.74, 6) is 0.634. The third-order valence-electron chi connectivity index (χ3n) is 3.96. The minimum atomic E-state index is -0.0594. The van der Waals surface area contributed by atoms with E-state index in [1.54, 1.807) is 14.1 Å². The van der Waals surface area contributed by atoms with Crippen molar-refractivity contribution in [2.45, 2.75) is 13.5 Å². The molecule has 0 saturated heterocycles. The van der Waals surface area contributed by atoms with Gasteiger partial charge in [-0.2, -0.15) is 5.10 Å². The highest BCUT2D eigenvalue weighted by atomic mass is 16.5. The summed E-state index contributed by atoms with van der Waals surface area (Å²) >= 11 is 0. The van der Waals surface area contributed by atoms with Gasteiger partial charge in [-0.1, -0.05) is 18.2 Å². The second-order valence-corrected chi connectivity index (χ2v) is 5.89. The predicted octanol–water partition coefficient (Wildman–Crippen LogP) is 3.19. The van der Waals surface area contributed by atoms with Crippen molar-refractivity contribution in [3.8, 4) is 16.9 Å². The predicted molar refractivity (Wildman–Crippen MR) is 95.0 cm³/mol. The zero-order valence-corrected chi connectivity index (χ0v) is 14.2. The van der Waals surface area contributed by atoms with Crippen molar-refractivity contribution in [2.24, 2.45) is 0 Å². The van der Waals surface area contributed by atoms with Gasteiger partial charge in [0.15, 0.2) is 6.61 Å². The average molecular weight is 323 g/mol. The van der Waals surface area contributed by atoms with E-state index in [0.29, 0.717) is 5.75 Å². The van der Waals surface area contributed by atoms with Crippen molar-refractivity contribution in [1.82, 2.24) is 14.7 Å². The van der Waals surface area contributed by atoms with Crippen LogP contribution in [0.2, 0.25) is 0 Å². The van der Waals surface area contributed by atoms with Crippen molar-refractivity contribution in [2.75, 3.05) is 20.7 Å². The maximum atomic E-state index is 11.6. The molecule has 0 aliphatic heterocycles. The highest BCUT2D eigenvalue weighted by Crippen LogP contribution is 2.27. The van der Waals surface area contributed by atoms with Crippen LogP contribution in [0.3, 0.4) is 0 Å². The zero-order chi connectivity index (χ0) is 17.1. The van der Waals surface area contributed by atoms with E-state index in [-0.39, 0.29) is 12.5 Å². The number of carbonyl (C=O) groups is 1. The smallest absolute Gasteiger partial charge is 0.259 e. The van der Waals surface area contributed by atoms with Crippen LogP contribution in [0.1, 0.15) is 6.92 Å².